The summed E-state index contributed by atoms with van der Waals surface area (Å²) in [6.45, 7) is 0.382. The molecule has 2 aromatic rings. The van der Waals surface area contributed by atoms with Gasteiger partial charge in [0.05, 0.1) is 6.42 Å². The third kappa shape index (κ3) is 2.25. The van der Waals surface area contributed by atoms with Crippen molar-refractivity contribution in [1.82, 2.24) is 14.8 Å². The molecule has 0 radical (unpaired) electrons. The number of carbonyl (C=O) groups is 1. The zero-order valence-corrected chi connectivity index (χ0v) is 8.58. The van der Waals surface area contributed by atoms with E-state index in [0.717, 1.165) is 5.56 Å². The molecule has 0 atom stereocenters. The molecule has 0 saturated heterocycles. The standard InChI is InChI=1S/C11H11N3O2/c15-10(16)6-7-14-8-12-13-11(14)9-4-2-1-3-5-9/h1-5,8H,6-7H2,(H,15,16). The maximum absolute atomic E-state index is 10.5. The maximum atomic E-state index is 10.5. The number of carboxylic acid groups (broad SMARTS) is 1. The van der Waals surface area contributed by atoms with Gasteiger partial charge in [0.25, 0.3) is 0 Å². The first kappa shape index (κ1) is 10.4. The van der Waals surface area contributed by atoms with E-state index < -0.39 is 5.97 Å². The van der Waals surface area contributed by atoms with Gasteiger partial charge in [-0.25, -0.2) is 0 Å². The minimum Gasteiger partial charge on any atom is -0.481 e. The minimum atomic E-state index is -0.826. The molecule has 1 aromatic heterocycles. The van der Waals surface area contributed by atoms with Crippen LogP contribution in [0.25, 0.3) is 11.4 Å². The Morgan fingerprint density at radius 3 is 2.75 bits per heavy atom. The summed E-state index contributed by atoms with van der Waals surface area (Å²) in [6.07, 6.45) is 1.61. The average molecular weight is 217 g/mol. The summed E-state index contributed by atoms with van der Waals surface area (Å²) in [5.74, 6) is -0.130. The maximum Gasteiger partial charge on any atom is 0.305 e. The van der Waals surface area contributed by atoms with Gasteiger partial charge < -0.3 is 9.67 Å². The molecule has 82 valence electrons. The van der Waals surface area contributed by atoms with Gasteiger partial charge in [-0.1, -0.05) is 30.3 Å². The van der Waals surface area contributed by atoms with Crippen molar-refractivity contribution in [3.63, 3.8) is 0 Å². The highest BCUT2D eigenvalue weighted by molar-refractivity contribution is 5.66. The fraction of sp³-hybridized carbons (Fsp3) is 0.182. The second-order valence-electron chi connectivity index (χ2n) is 3.36. The first-order valence-electron chi connectivity index (χ1n) is 4.92. The van der Waals surface area contributed by atoms with E-state index in [0.29, 0.717) is 12.4 Å². The Bertz CT molecular complexity index is 479. The lowest BCUT2D eigenvalue weighted by atomic mass is 10.2. The van der Waals surface area contributed by atoms with Gasteiger partial charge in [0.2, 0.25) is 0 Å². The summed E-state index contributed by atoms with van der Waals surface area (Å²) >= 11 is 0. The van der Waals surface area contributed by atoms with Crippen LogP contribution in [0.3, 0.4) is 0 Å². The van der Waals surface area contributed by atoms with Crippen molar-refractivity contribution >= 4 is 5.97 Å². The molecule has 0 amide bonds. The van der Waals surface area contributed by atoms with Crippen LogP contribution in [0.1, 0.15) is 6.42 Å². The molecule has 0 bridgehead atoms. The van der Waals surface area contributed by atoms with Gasteiger partial charge in [0, 0.05) is 12.1 Å². The number of benzene rings is 1. The predicted molar refractivity (Wildman–Crippen MR) is 57.7 cm³/mol. The van der Waals surface area contributed by atoms with Crippen molar-refractivity contribution in [2.24, 2.45) is 0 Å². The summed E-state index contributed by atoms with van der Waals surface area (Å²) < 4.78 is 1.74. The molecule has 1 aromatic carbocycles. The highest BCUT2D eigenvalue weighted by Gasteiger charge is 2.07. The Hall–Kier alpha value is -2.17. The molecule has 0 fully saturated rings. The molecular weight excluding hydrogens is 206 g/mol. The molecule has 0 spiro atoms. The fourth-order valence-electron chi connectivity index (χ4n) is 1.45. The third-order valence-electron chi connectivity index (χ3n) is 2.21. The van der Waals surface area contributed by atoms with Crippen LogP contribution in [0.4, 0.5) is 0 Å². The highest BCUT2D eigenvalue weighted by Crippen LogP contribution is 2.15. The topological polar surface area (TPSA) is 68.0 Å². The van der Waals surface area contributed by atoms with Gasteiger partial charge in [-0.05, 0) is 0 Å². The molecular formula is C11H11N3O2. The molecule has 16 heavy (non-hydrogen) atoms. The summed E-state index contributed by atoms with van der Waals surface area (Å²) in [5.41, 5.74) is 0.936. The smallest absolute Gasteiger partial charge is 0.305 e. The minimum absolute atomic E-state index is 0.0673. The van der Waals surface area contributed by atoms with Gasteiger partial charge in [-0.3, -0.25) is 4.79 Å². The molecule has 1 heterocycles. The number of aliphatic carboxylic acids is 1. The van der Waals surface area contributed by atoms with Crippen LogP contribution >= 0.6 is 0 Å². The van der Waals surface area contributed by atoms with E-state index in [4.69, 9.17) is 5.11 Å². The van der Waals surface area contributed by atoms with Crippen LogP contribution in [-0.2, 0) is 11.3 Å². The van der Waals surface area contributed by atoms with Crippen molar-refractivity contribution in [3.8, 4) is 11.4 Å². The van der Waals surface area contributed by atoms with Gasteiger partial charge in [-0.2, -0.15) is 0 Å². The van der Waals surface area contributed by atoms with Gasteiger partial charge in [0.15, 0.2) is 5.82 Å². The number of rotatable bonds is 4. The largest absolute Gasteiger partial charge is 0.481 e. The molecule has 5 heteroatoms. The second kappa shape index (κ2) is 4.57. The van der Waals surface area contributed by atoms with Crippen molar-refractivity contribution in [3.05, 3.63) is 36.7 Å². The van der Waals surface area contributed by atoms with Gasteiger partial charge in [-0.15, -0.1) is 10.2 Å². The van der Waals surface area contributed by atoms with Gasteiger partial charge >= 0.3 is 5.97 Å². The van der Waals surface area contributed by atoms with Crippen LogP contribution < -0.4 is 0 Å². The zero-order chi connectivity index (χ0) is 11.4. The van der Waals surface area contributed by atoms with Crippen LogP contribution in [0.15, 0.2) is 36.7 Å². The van der Waals surface area contributed by atoms with E-state index in [1.54, 1.807) is 10.9 Å². The van der Waals surface area contributed by atoms with Crippen molar-refractivity contribution < 1.29 is 9.90 Å². The quantitative estimate of drug-likeness (QED) is 0.840. The molecule has 0 saturated carbocycles. The molecule has 2 rings (SSSR count). The van der Waals surface area contributed by atoms with E-state index in [9.17, 15) is 4.79 Å². The summed E-state index contributed by atoms with van der Waals surface area (Å²) in [6, 6.07) is 9.57. The lowest BCUT2D eigenvalue weighted by molar-refractivity contribution is -0.137. The monoisotopic (exact) mass is 217 g/mol. The molecule has 5 nitrogen and oxygen atoms in total. The van der Waals surface area contributed by atoms with Crippen molar-refractivity contribution in [2.45, 2.75) is 13.0 Å². The average Bonchev–Trinajstić information content (AvgIpc) is 2.75. The van der Waals surface area contributed by atoms with Crippen LogP contribution in [0.2, 0.25) is 0 Å². The first-order valence-corrected chi connectivity index (χ1v) is 4.92. The van der Waals surface area contributed by atoms with Crippen molar-refractivity contribution in [2.75, 3.05) is 0 Å². The highest BCUT2D eigenvalue weighted by atomic mass is 16.4. The number of hydrogen-bond donors (Lipinski definition) is 1. The Morgan fingerprint density at radius 2 is 2.06 bits per heavy atom. The molecule has 0 aliphatic carbocycles. The molecule has 0 aliphatic heterocycles. The molecule has 1 N–H and O–H groups in total. The summed E-state index contributed by atoms with van der Waals surface area (Å²) in [7, 11) is 0. The van der Waals surface area contributed by atoms with E-state index in [2.05, 4.69) is 10.2 Å². The van der Waals surface area contributed by atoms with E-state index in [1.165, 1.54) is 0 Å². The lowest BCUT2D eigenvalue weighted by Gasteiger charge is -2.04. The van der Waals surface area contributed by atoms with E-state index in [-0.39, 0.29) is 6.42 Å². The Kier molecular flexibility index (Phi) is 2.95. The van der Waals surface area contributed by atoms with E-state index >= 15 is 0 Å². The number of hydrogen-bond acceptors (Lipinski definition) is 3. The van der Waals surface area contributed by atoms with Gasteiger partial charge in [0.1, 0.15) is 6.33 Å². The fourth-order valence-corrected chi connectivity index (χ4v) is 1.45. The zero-order valence-electron chi connectivity index (χ0n) is 8.58. The van der Waals surface area contributed by atoms with E-state index in [1.807, 2.05) is 30.3 Å². The normalized spacial score (nSPS) is 10.2. The summed E-state index contributed by atoms with van der Waals surface area (Å²) in [4.78, 5) is 10.5. The van der Waals surface area contributed by atoms with Crippen LogP contribution in [0, 0.1) is 0 Å². The van der Waals surface area contributed by atoms with Crippen LogP contribution in [-0.4, -0.2) is 25.8 Å². The second-order valence-corrected chi connectivity index (χ2v) is 3.36. The Labute approximate surface area is 92.4 Å². The molecule has 0 aliphatic rings. The number of aromatic nitrogens is 3. The number of nitrogens with zero attached hydrogens (tertiary/aromatic N) is 3. The van der Waals surface area contributed by atoms with Crippen molar-refractivity contribution in [1.29, 1.82) is 0 Å². The number of aryl methyl sites for hydroxylation is 1. The Morgan fingerprint density at radius 1 is 1.31 bits per heavy atom. The lowest BCUT2D eigenvalue weighted by Crippen LogP contribution is -2.05. The SMILES string of the molecule is O=C(O)CCn1cnnc1-c1ccccc1. The Balaban J connectivity index is 2.23. The van der Waals surface area contributed by atoms with Crippen LogP contribution in [0.5, 0.6) is 0 Å². The first-order chi connectivity index (χ1) is 7.77. The summed E-state index contributed by atoms with van der Waals surface area (Å²) in [5, 5.41) is 16.4. The number of carboxylic acids is 1. The predicted octanol–water partition coefficient (Wildman–Crippen LogP) is 1.42. The third-order valence-corrected chi connectivity index (χ3v) is 2.21. The molecule has 0 unspecified atom stereocenters.